The van der Waals surface area contributed by atoms with E-state index in [0.29, 0.717) is 12.6 Å². The predicted octanol–water partition coefficient (Wildman–Crippen LogP) is 0.694. The number of nitrogens with one attached hydrogen (secondary N) is 1. The van der Waals surface area contributed by atoms with Crippen molar-refractivity contribution in [3.63, 3.8) is 0 Å². The van der Waals surface area contributed by atoms with Crippen molar-refractivity contribution in [1.82, 2.24) is 15.1 Å². The predicted molar refractivity (Wildman–Crippen MR) is 118 cm³/mol. The van der Waals surface area contributed by atoms with Crippen LogP contribution in [0.2, 0.25) is 0 Å². The van der Waals surface area contributed by atoms with Crippen molar-refractivity contribution < 1.29 is 19.4 Å². The minimum atomic E-state index is -0.776. The Kier molecular flexibility index (Phi) is 6.79. The van der Waals surface area contributed by atoms with Crippen molar-refractivity contribution in [2.45, 2.75) is 44.4 Å². The summed E-state index contributed by atoms with van der Waals surface area (Å²) in [5.41, 5.74) is 1.08. The molecule has 2 N–H and O–H groups in total. The summed E-state index contributed by atoms with van der Waals surface area (Å²) in [6.45, 7) is 5.75. The molecule has 3 unspecified atom stereocenters. The standard InChI is InChI=1S/C23H34N4O4/c1-16-13-22(29)27(23(16)30)15-20(28)19(14-24-17-7-8-17)26-11-9-25(10-12-26)18-5-3-4-6-21(18)31-2/h3-6,16-17,19-20,24,28H,7-15H2,1-2H3. The minimum Gasteiger partial charge on any atom is -0.495 e. The molecule has 8 heteroatoms. The van der Waals surface area contributed by atoms with Gasteiger partial charge in [-0.2, -0.15) is 0 Å². The third-order valence-corrected chi connectivity index (χ3v) is 6.69. The average Bonchev–Trinajstić information content (AvgIpc) is 3.58. The molecule has 3 fully saturated rings. The summed E-state index contributed by atoms with van der Waals surface area (Å²) in [7, 11) is 1.69. The van der Waals surface area contributed by atoms with Crippen molar-refractivity contribution in [3.8, 4) is 5.75 Å². The molecule has 170 valence electrons. The number of hydrogen-bond acceptors (Lipinski definition) is 7. The molecule has 0 radical (unpaired) electrons. The minimum absolute atomic E-state index is 0.0751. The Hall–Kier alpha value is -2.16. The Morgan fingerprint density at radius 1 is 1.16 bits per heavy atom. The molecule has 2 saturated heterocycles. The molecule has 3 aliphatic rings. The third kappa shape index (κ3) is 5.02. The van der Waals surface area contributed by atoms with E-state index in [1.165, 1.54) is 17.7 Å². The summed E-state index contributed by atoms with van der Waals surface area (Å²) >= 11 is 0. The zero-order chi connectivity index (χ0) is 22.0. The second-order valence-electron chi connectivity index (χ2n) is 8.96. The van der Waals surface area contributed by atoms with Crippen LogP contribution in [0, 0.1) is 5.92 Å². The molecule has 2 aliphatic heterocycles. The molecule has 3 atom stereocenters. The van der Waals surface area contributed by atoms with Crippen LogP contribution in [0.4, 0.5) is 5.69 Å². The number of piperazine rings is 1. The van der Waals surface area contributed by atoms with Crippen molar-refractivity contribution in [2.75, 3.05) is 51.3 Å². The number of aliphatic hydroxyl groups is 1. The monoisotopic (exact) mass is 430 g/mol. The number of nitrogens with zero attached hydrogens (tertiary/aromatic N) is 3. The van der Waals surface area contributed by atoms with E-state index in [9.17, 15) is 14.7 Å². The Morgan fingerprint density at radius 3 is 2.48 bits per heavy atom. The first-order valence-electron chi connectivity index (χ1n) is 11.4. The highest BCUT2D eigenvalue weighted by Gasteiger charge is 2.39. The maximum Gasteiger partial charge on any atom is 0.232 e. The molecule has 2 heterocycles. The smallest absolute Gasteiger partial charge is 0.232 e. The fourth-order valence-corrected chi connectivity index (χ4v) is 4.62. The van der Waals surface area contributed by atoms with Gasteiger partial charge >= 0.3 is 0 Å². The van der Waals surface area contributed by atoms with Gasteiger partial charge in [0, 0.05) is 57.1 Å². The number of benzene rings is 1. The van der Waals surface area contributed by atoms with Gasteiger partial charge in [-0.3, -0.25) is 19.4 Å². The first kappa shape index (κ1) is 22.0. The second kappa shape index (κ2) is 9.54. The summed E-state index contributed by atoms with van der Waals surface area (Å²) in [6, 6.07) is 8.41. The van der Waals surface area contributed by atoms with E-state index in [4.69, 9.17) is 4.74 Å². The van der Waals surface area contributed by atoms with Gasteiger partial charge in [-0.15, -0.1) is 0 Å². The zero-order valence-corrected chi connectivity index (χ0v) is 18.5. The highest BCUT2D eigenvalue weighted by molar-refractivity contribution is 6.03. The molecular formula is C23H34N4O4. The zero-order valence-electron chi connectivity index (χ0n) is 18.5. The second-order valence-corrected chi connectivity index (χ2v) is 8.96. The summed E-state index contributed by atoms with van der Waals surface area (Å²) < 4.78 is 5.51. The molecule has 0 bridgehead atoms. The van der Waals surface area contributed by atoms with Crippen LogP contribution in [0.3, 0.4) is 0 Å². The fraction of sp³-hybridized carbons (Fsp3) is 0.652. The van der Waals surface area contributed by atoms with Gasteiger partial charge in [-0.25, -0.2) is 0 Å². The number of amides is 2. The van der Waals surface area contributed by atoms with Gasteiger partial charge in [0.15, 0.2) is 0 Å². The van der Waals surface area contributed by atoms with Crippen LogP contribution in [0.15, 0.2) is 24.3 Å². The topological polar surface area (TPSA) is 85.3 Å². The van der Waals surface area contributed by atoms with Gasteiger partial charge < -0.3 is 20.1 Å². The van der Waals surface area contributed by atoms with Crippen LogP contribution in [0.5, 0.6) is 5.75 Å². The van der Waals surface area contributed by atoms with E-state index >= 15 is 0 Å². The molecule has 1 saturated carbocycles. The van der Waals surface area contributed by atoms with Crippen LogP contribution in [0.25, 0.3) is 0 Å². The van der Waals surface area contributed by atoms with Crippen LogP contribution < -0.4 is 15.0 Å². The van der Waals surface area contributed by atoms with Gasteiger partial charge in [0.05, 0.1) is 25.4 Å². The van der Waals surface area contributed by atoms with E-state index in [-0.39, 0.29) is 36.7 Å². The SMILES string of the molecule is COc1ccccc1N1CCN(C(CNC2CC2)C(O)CN2C(=O)CC(C)C2=O)CC1. The van der Waals surface area contributed by atoms with E-state index in [2.05, 4.69) is 21.2 Å². The van der Waals surface area contributed by atoms with Crippen LogP contribution in [0.1, 0.15) is 26.2 Å². The van der Waals surface area contributed by atoms with Gasteiger partial charge in [0.2, 0.25) is 11.8 Å². The fourth-order valence-electron chi connectivity index (χ4n) is 4.62. The molecule has 8 nitrogen and oxygen atoms in total. The van der Waals surface area contributed by atoms with Crippen molar-refractivity contribution in [1.29, 1.82) is 0 Å². The lowest BCUT2D eigenvalue weighted by molar-refractivity contribution is -0.141. The number of ether oxygens (including phenoxy) is 1. The van der Waals surface area contributed by atoms with Crippen molar-refractivity contribution in [2.24, 2.45) is 5.92 Å². The van der Waals surface area contributed by atoms with E-state index in [1.807, 2.05) is 18.2 Å². The molecule has 0 aromatic heterocycles. The largest absolute Gasteiger partial charge is 0.495 e. The number of para-hydroxylation sites is 2. The quantitative estimate of drug-likeness (QED) is 0.558. The highest BCUT2D eigenvalue weighted by atomic mass is 16.5. The lowest BCUT2D eigenvalue weighted by Crippen LogP contribution is -2.59. The first-order valence-corrected chi connectivity index (χ1v) is 11.4. The first-order chi connectivity index (χ1) is 15.0. The number of β-amino-alcohol motifs (C(OH)–C–C–N with tert-alkyl or cyclic N) is 1. The molecule has 31 heavy (non-hydrogen) atoms. The number of carbonyl (C=O) groups excluding carboxylic acids is 2. The van der Waals surface area contributed by atoms with E-state index < -0.39 is 6.10 Å². The summed E-state index contributed by atoms with van der Waals surface area (Å²) in [6.07, 6.45) is 1.81. The van der Waals surface area contributed by atoms with E-state index in [1.54, 1.807) is 14.0 Å². The Bertz CT molecular complexity index is 792. The van der Waals surface area contributed by atoms with Crippen molar-refractivity contribution in [3.05, 3.63) is 24.3 Å². The van der Waals surface area contributed by atoms with E-state index in [0.717, 1.165) is 37.6 Å². The Labute approximate surface area is 184 Å². The maximum absolute atomic E-state index is 12.3. The molecular weight excluding hydrogens is 396 g/mol. The number of aliphatic hydroxyl groups excluding tert-OH is 1. The number of methoxy groups -OCH3 is 1. The molecule has 4 rings (SSSR count). The molecule has 1 aromatic rings. The normalized spacial score (nSPS) is 24.5. The molecule has 2 amide bonds. The third-order valence-electron chi connectivity index (χ3n) is 6.69. The van der Waals surface area contributed by atoms with Crippen LogP contribution in [-0.4, -0.2) is 91.3 Å². The van der Waals surface area contributed by atoms with Crippen LogP contribution >= 0.6 is 0 Å². The summed E-state index contributed by atoms with van der Waals surface area (Å²) in [4.78, 5) is 30.4. The molecule has 1 aromatic carbocycles. The number of hydrogen-bond donors (Lipinski definition) is 2. The van der Waals surface area contributed by atoms with Crippen LogP contribution in [-0.2, 0) is 9.59 Å². The number of rotatable bonds is 9. The van der Waals surface area contributed by atoms with Gasteiger partial charge in [-0.1, -0.05) is 19.1 Å². The average molecular weight is 431 g/mol. The highest BCUT2D eigenvalue weighted by Crippen LogP contribution is 2.29. The molecule has 1 aliphatic carbocycles. The Balaban J connectivity index is 1.40. The number of carbonyl (C=O) groups is 2. The lowest BCUT2D eigenvalue weighted by atomic mass is 10.1. The summed E-state index contributed by atoms with van der Waals surface area (Å²) in [5, 5.41) is 14.6. The molecule has 0 spiro atoms. The maximum atomic E-state index is 12.3. The Morgan fingerprint density at radius 2 is 1.87 bits per heavy atom. The number of likely N-dealkylation sites (tertiary alicyclic amines) is 1. The number of imide groups is 1. The van der Waals surface area contributed by atoms with Gasteiger partial charge in [0.1, 0.15) is 5.75 Å². The van der Waals surface area contributed by atoms with Crippen molar-refractivity contribution >= 4 is 17.5 Å². The number of anilines is 1. The van der Waals surface area contributed by atoms with Gasteiger partial charge in [0.25, 0.3) is 0 Å². The summed E-state index contributed by atoms with van der Waals surface area (Å²) in [5.74, 6) is 0.237. The lowest BCUT2D eigenvalue weighted by Gasteiger charge is -2.42. The van der Waals surface area contributed by atoms with Gasteiger partial charge in [-0.05, 0) is 25.0 Å².